The first-order valence-electron chi connectivity index (χ1n) is 7.89. The van der Waals surface area contributed by atoms with Gasteiger partial charge in [0.2, 0.25) is 5.91 Å². The molecule has 5 heteroatoms. The van der Waals surface area contributed by atoms with Gasteiger partial charge >= 0.3 is 0 Å². The molecular formula is C18H20N2O3. The normalized spacial score (nSPS) is 13.8. The van der Waals surface area contributed by atoms with Crippen LogP contribution in [0, 0.1) is 0 Å². The second kappa shape index (κ2) is 6.69. The van der Waals surface area contributed by atoms with Crippen molar-refractivity contribution in [2.45, 2.75) is 26.7 Å². The molecule has 3 rings (SSSR count). The van der Waals surface area contributed by atoms with Crippen LogP contribution in [0.15, 0.2) is 40.1 Å². The Bertz CT molecular complexity index is 733. The molecule has 0 spiro atoms. The second-order valence-corrected chi connectivity index (χ2v) is 5.43. The summed E-state index contributed by atoms with van der Waals surface area (Å²) in [5.74, 6) is 0.692. The molecule has 1 aliphatic heterocycles. The Balaban J connectivity index is 2.11. The highest BCUT2D eigenvalue weighted by molar-refractivity contribution is 6.19. The van der Waals surface area contributed by atoms with Crippen LogP contribution in [0.5, 0.6) is 5.75 Å². The fourth-order valence-electron chi connectivity index (χ4n) is 2.62. The molecule has 0 bridgehead atoms. The molecule has 5 nitrogen and oxygen atoms in total. The molecule has 0 saturated heterocycles. The van der Waals surface area contributed by atoms with E-state index in [1.807, 2.05) is 12.1 Å². The minimum absolute atomic E-state index is 0.0990. The molecule has 0 radical (unpaired) electrons. The van der Waals surface area contributed by atoms with Crippen LogP contribution in [0.2, 0.25) is 0 Å². The molecule has 0 saturated carbocycles. The Kier molecular flexibility index (Phi) is 4.46. The number of hydrogen-bond acceptors (Lipinski definition) is 4. The number of amides is 1. The number of fused-ring (bicyclic) bond motifs is 1. The lowest BCUT2D eigenvalue weighted by Gasteiger charge is -2.16. The van der Waals surface area contributed by atoms with E-state index in [4.69, 9.17) is 9.15 Å². The molecule has 2 heterocycles. The number of nitrogens with zero attached hydrogens (tertiary/aromatic N) is 1. The average Bonchev–Trinajstić information content (AvgIpc) is 3.03. The molecule has 0 unspecified atom stereocenters. The minimum Gasteiger partial charge on any atom is -0.493 e. The lowest BCUT2D eigenvalue weighted by atomic mass is 9.98. The lowest BCUT2D eigenvalue weighted by Crippen LogP contribution is -2.14. The number of benzene rings is 1. The van der Waals surface area contributed by atoms with Crippen LogP contribution in [-0.2, 0) is 11.2 Å². The van der Waals surface area contributed by atoms with E-state index >= 15 is 0 Å². The van der Waals surface area contributed by atoms with Crippen LogP contribution < -0.4 is 10.1 Å². The van der Waals surface area contributed by atoms with Gasteiger partial charge in [-0.3, -0.25) is 9.79 Å². The van der Waals surface area contributed by atoms with Crippen molar-refractivity contribution in [3.63, 3.8) is 0 Å². The van der Waals surface area contributed by atoms with Crippen molar-refractivity contribution < 1.29 is 13.9 Å². The van der Waals surface area contributed by atoms with Crippen molar-refractivity contribution in [2.75, 3.05) is 18.5 Å². The lowest BCUT2D eigenvalue weighted by molar-refractivity contribution is -0.114. The smallest absolute Gasteiger partial charge is 0.246 e. The number of carbonyl (C=O) groups is 1. The summed E-state index contributed by atoms with van der Waals surface area (Å²) in [5, 5.41) is 2.92. The van der Waals surface area contributed by atoms with Crippen LogP contribution in [-0.4, -0.2) is 24.8 Å². The summed E-state index contributed by atoms with van der Waals surface area (Å²) in [6.07, 6.45) is 5.04. The van der Waals surface area contributed by atoms with Crippen molar-refractivity contribution in [2.24, 2.45) is 4.99 Å². The van der Waals surface area contributed by atoms with E-state index in [0.29, 0.717) is 6.61 Å². The zero-order valence-corrected chi connectivity index (χ0v) is 13.4. The van der Waals surface area contributed by atoms with Crippen molar-refractivity contribution in [1.29, 1.82) is 0 Å². The minimum atomic E-state index is -0.129. The number of carbonyl (C=O) groups excluding carboxylic acids is 1. The van der Waals surface area contributed by atoms with Gasteiger partial charge < -0.3 is 14.5 Å². The van der Waals surface area contributed by atoms with Gasteiger partial charge in [0.1, 0.15) is 12.3 Å². The monoisotopic (exact) mass is 312 g/mol. The molecule has 1 aromatic heterocycles. The number of furan rings is 1. The standard InChI is InChI=1S/C18H20N2O3/c1-3-6-23-16-9-15-14(8-12(16)4-2)18(13-5-7-22-11-13)19-10-17(21)20-15/h5,7-9,11H,3-4,6,10H2,1-2H3,(H,20,21). The maximum Gasteiger partial charge on any atom is 0.246 e. The van der Waals surface area contributed by atoms with E-state index in [1.54, 1.807) is 12.5 Å². The van der Waals surface area contributed by atoms with Crippen LogP contribution in [0.25, 0.3) is 0 Å². The molecule has 1 N–H and O–H groups in total. The molecule has 0 fully saturated rings. The van der Waals surface area contributed by atoms with Gasteiger partial charge in [-0.2, -0.15) is 0 Å². The van der Waals surface area contributed by atoms with E-state index in [1.165, 1.54) is 0 Å². The largest absolute Gasteiger partial charge is 0.493 e. The number of benzodiazepines with no additional fused rings is 1. The molecule has 120 valence electrons. The number of aliphatic imine (C=N–C) groups is 1. The van der Waals surface area contributed by atoms with E-state index in [2.05, 4.69) is 30.2 Å². The maximum atomic E-state index is 12.0. The molecule has 0 atom stereocenters. The summed E-state index contributed by atoms with van der Waals surface area (Å²) in [5.41, 5.74) is 4.37. The third-order valence-electron chi connectivity index (χ3n) is 3.75. The Morgan fingerprint density at radius 1 is 1.35 bits per heavy atom. The van der Waals surface area contributed by atoms with Crippen LogP contribution in [0.1, 0.15) is 37.0 Å². The summed E-state index contributed by atoms with van der Waals surface area (Å²) in [4.78, 5) is 16.4. The van der Waals surface area contributed by atoms with Gasteiger partial charge in [-0.25, -0.2) is 0 Å². The fraction of sp³-hybridized carbons (Fsp3) is 0.333. The van der Waals surface area contributed by atoms with Crippen LogP contribution >= 0.6 is 0 Å². The van der Waals surface area contributed by atoms with Crippen LogP contribution in [0.3, 0.4) is 0 Å². The number of nitrogens with one attached hydrogen (secondary N) is 1. The molecular weight excluding hydrogens is 292 g/mol. The van der Waals surface area contributed by atoms with Gasteiger partial charge in [-0.15, -0.1) is 0 Å². The number of ether oxygens (including phenoxy) is 1. The summed E-state index contributed by atoms with van der Waals surface area (Å²) in [6, 6.07) is 5.81. The predicted molar refractivity (Wildman–Crippen MR) is 89.4 cm³/mol. The molecule has 0 aliphatic carbocycles. The third-order valence-corrected chi connectivity index (χ3v) is 3.75. The first-order chi connectivity index (χ1) is 11.2. The summed E-state index contributed by atoms with van der Waals surface area (Å²) < 4.78 is 11.0. The quantitative estimate of drug-likeness (QED) is 0.920. The number of anilines is 1. The van der Waals surface area contributed by atoms with Crippen molar-refractivity contribution in [1.82, 2.24) is 0 Å². The molecule has 1 aromatic carbocycles. The van der Waals surface area contributed by atoms with E-state index in [9.17, 15) is 4.79 Å². The fourth-order valence-corrected chi connectivity index (χ4v) is 2.62. The second-order valence-electron chi connectivity index (χ2n) is 5.43. The van der Waals surface area contributed by atoms with E-state index in [0.717, 1.165) is 46.7 Å². The third kappa shape index (κ3) is 3.13. The van der Waals surface area contributed by atoms with Gasteiger partial charge in [0.15, 0.2) is 0 Å². The molecule has 2 aromatic rings. The Morgan fingerprint density at radius 3 is 2.91 bits per heavy atom. The van der Waals surface area contributed by atoms with Gasteiger partial charge in [0.05, 0.1) is 30.5 Å². The predicted octanol–water partition coefficient (Wildman–Crippen LogP) is 3.42. The van der Waals surface area contributed by atoms with E-state index < -0.39 is 0 Å². The van der Waals surface area contributed by atoms with Gasteiger partial charge in [0.25, 0.3) is 0 Å². The first-order valence-corrected chi connectivity index (χ1v) is 7.89. The van der Waals surface area contributed by atoms with Crippen molar-refractivity contribution >= 4 is 17.3 Å². The highest BCUT2D eigenvalue weighted by Crippen LogP contribution is 2.31. The molecule has 1 amide bonds. The van der Waals surface area contributed by atoms with Gasteiger partial charge in [-0.1, -0.05) is 13.8 Å². The summed E-state index contributed by atoms with van der Waals surface area (Å²) in [7, 11) is 0. The van der Waals surface area contributed by atoms with Gasteiger partial charge in [-0.05, 0) is 30.5 Å². The highest BCUT2D eigenvalue weighted by atomic mass is 16.5. The zero-order valence-electron chi connectivity index (χ0n) is 13.4. The topological polar surface area (TPSA) is 63.8 Å². The Labute approximate surface area is 135 Å². The highest BCUT2D eigenvalue weighted by Gasteiger charge is 2.21. The van der Waals surface area contributed by atoms with Gasteiger partial charge in [0, 0.05) is 17.2 Å². The Morgan fingerprint density at radius 2 is 2.22 bits per heavy atom. The maximum absolute atomic E-state index is 12.0. The summed E-state index contributed by atoms with van der Waals surface area (Å²) >= 11 is 0. The van der Waals surface area contributed by atoms with Crippen molar-refractivity contribution in [3.8, 4) is 5.75 Å². The number of aryl methyl sites for hydroxylation is 1. The van der Waals surface area contributed by atoms with Crippen LogP contribution in [0.4, 0.5) is 5.69 Å². The Hall–Kier alpha value is -2.56. The number of hydrogen-bond donors (Lipinski definition) is 1. The van der Waals surface area contributed by atoms with Crippen molar-refractivity contribution in [3.05, 3.63) is 47.4 Å². The molecule has 1 aliphatic rings. The molecule has 23 heavy (non-hydrogen) atoms. The zero-order chi connectivity index (χ0) is 16.2. The average molecular weight is 312 g/mol. The number of rotatable bonds is 5. The SMILES string of the molecule is CCCOc1cc2c(cc1CC)C(c1ccoc1)=NCC(=O)N2. The first kappa shape index (κ1) is 15.3. The summed E-state index contributed by atoms with van der Waals surface area (Å²) in [6.45, 7) is 4.91. The van der Waals surface area contributed by atoms with E-state index in [-0.39, 0.29) is 12.5 Å².